The maximum atomic E-state index is 12.6. The van der Waals surface area contributed by atoms with E-state index in [1.54, 1.807) is 6.07 Å². The molecule has 0 atom stereocenters. The standard InChI is InChI=1S/C9H6BrF2IO/c1-4(14)8-6(9(11)12)2-5(10)3-7(8)13/h2-3,9H,1H3. The van der Waals surface area contributed by atoms with E-state index in [1.165, 1.54) is 13.0 Å². The van der Waals surface area contributed by atoms with Gasteiger partial charge in [-0.25, -0.2) is 8.78 Å². The van der Waals surface area contributed by atoms with Crippen molar-refractivity contribution in [2.24, 2.45) is 0 Å². The fourth-order valence-corrected chi connectivity index (χ4v) is 3.07. The van der Waals surface area contributed by atoms with E-state index < -0.39 is 6.43 Å². The third kappa shape index (κ3) is 2.50. The Bertz CT molecular complexity index is 379. The van der Waals surface area contributed by atoms with Gasteiger partial charge in [0.25, 0.3) is 6.43 Å². The third-order valence-electron chi connectivity index (χ3n) is 1.67. The lowest BCUT2D eigenvalue weighted by Crippen LogP contribution is -2.03. The highest BCUT2D eigenvalue weighted by molar-refractivity contribution is 14.1. The van der Waals surface area contributed by atoms with Crippen molar-refractivity contribution in [1.82, 2.24) is 0 Å². The highest BCUT2D eigenvalue weighted by Gasteiger charge is 2.19. The molecule has 0 aliphatic rings. The van der Waals surface area contributed by atoms with Gasteiger partial charge in [0.05, 0.1) is 0 Å². The average Bonchev–Trinajstić information content (AvgIpc) is 2.01. The molecule has 0 unspecified atom stereocenters. The average molecular weight is 375 g/mol. The summed E-state index contributed by atoms with van der Waals surface area (Å²) in [7, 11) is 0. The number of hydrogen-bond acceptors (Lipinski definition) is 1. The van der Waals surface area contributed by atoms with Crippen LogP contribution in [0.4, 0.5) is 8.78 Å². The first kappa shape index (κ1) is 12.0. The summed E-state index contributed by atoms with van der Waals surface area (Å²) in [5, 5.41) is 0. The van der Waals surface area contributed by atoms with Gasteiger partial charge < -0.3 is 0 Å². The lowest BCUT2D eigenvalue weighted by Gasteiger charge is -2.08. The van der Waals surface area contributed by atoms with Crippen molar-refractivity contribution >= 4 is 44.3 Å². The molecule has 0 aromatic heterocycles. The first-order valence-corrected chi connectivity index (χ1v) is 5.58. The van der Waals surface area contributed by atoms with Crippen LogP contribution in [0.15, 0.2) is 16.6 Å². The van der Waals surface area contributed by atoms with Crippen LogP contribution in [-0.4, -0.2) is 5.78 Å². The predicted octanol–water partition coefficient (Wildman–Crippen LogP) is 4.19. The van der Waals surface area contributed by atoms with Crippen molar-refractivity contribution in [1.29, 1.82) is 0 Å². The summed E-state index contributed by atoms with van der Waals surface area (Å²) in [4.78, 5) is 11.1. The minimum atomic E-state index is -2.63. The molecule has 0 heterocycles. The zero-order valence-corrected chi connectivity index (χ0v) is 10.9. The molecule has 0 spiro atoms. The van der Waals surface area contributed by atoms with Crippen LogP contribution >= 0.6 is 38.5 Å². The Balaban J connectivity index is 3.44. The van der Waals surface area contributed by atoms with Crippen molar-refractivity contribution in [3.8, 4) is 0 Å². The van der Waals surface area contributed by atoms with Gasteiger partial charge in [-0.2, -0.15) is 0 Å². The Morgan fingerprint density at radius 3 is 2.50 bits per heavy atom. The minimum absolute atomic E-state index is 0.115. The summed E-state index contributed by atoms with van der Waals surface area (Å²) >= 11 is 4.99. The fraction of sp³-hybridized carbons (Fsp3) is 0.222. The molecule has 0 fully saturated rings. The number of halogens is 4. The number of rotatable bonds is 2. The molecule has 76 valence electrons. The van der Waals surface area contributed by atoms with Crippen LogP contribution in [0, 0.1) is 3.57 Å². The van der Waals surface area contributed by atoms with Gasteiger partial charge in [0.1, 0.15) is 0 Å². The second-order valence-electron chi connectivity index (χ2n) is 2.71. The number of carbonyl (C=O) groups excluding carboxylic acids is 1. The molecular formula is C9H6BrF2IO. The Morgan fingerprint density at radius 1 is 1.50 bits per heavy atom. The van der Waals surface area contributed by atoms with Gasteiger partial charge >= 0.3 is 0 Å². The first-order chi connectivity index (χ1) is 6.43. The molecule has 0 amide bonds. The van der Waals surface area contributed by atoms with Crippen molar-refractivity contribution in [3.05, 3.63) is 31.3 Å². The fourth-order valence-electron chi connectivity index (χ4n) is 1.14. The Hall–Kier alpha value is -0.0400. The first-order valence-electron chi connectivity index (χ1n) is 3.71. The molecular weight excluding hydrogens is 369 g/mol. The smallest absolute Gasteiger partial charge is 0.264 e. The number of Topliss-reactive ketones (excluding diaryl/α,β-unsaturated/α-hetero) is 1. The number of alkyl halides is 2. The number of benzene rings is 1. The molecule has 1 aromatic rings. The van der Waals surface area contributed by atoms with E-state index in [4.69, 9.17) is 0 Å². The Labute approximate surface area is 102 Å². The molecule has 1 aromatic carbocycles. The van der Waals surface area contributed by atoms with Crippen molar-refractivity contribution in [2.75, 3.05) is 0 Å². The van der Waals surface area contributed by atoms with E-state index in [0.717, 1.165) is 0 Å². The highest BCUT2D eigenvalue weighted by Crippen LogP contribution is 2.30. The number of carbonyl (C=O) groups is 1. The van der Waals surface area contributed by atoms with Gasteiger partial charge in [-0.15, -0.1) is 0 Å². The van der Waals surface area contributed by atoms with Crippen LogP contribution in [0.3, 0.4) is 0 Å². The SMILES string of the molecule is CC(=O)c1c(I)cc(Br)cc1C(F)F. The summed E-state index contributed by atoms with van der Waals surface area (Å²) < 4.78 is 26.2. The maximum absolute atomic E-state index is 12.6. The normalized spacial score (nSPS) is 10.7. The van der Waals surface area contributed by atoms with Gasteiger partial charge in [-0.1, -0.05) is 15.9 Å². The number of ketones is 1. The lowest BCUT2D eigenvalue weighted by atomic mass is 10.1. The highest BCUT2D eigenvalue weighted by atomic mass is 127. The van der Waals surface area contributed by atoms with Gasteiger partial charge in [0.2, 0.25) is 0 Å². The molecule has 0 bridgehead atoms. The summed E-state index contributed by atoms with van der Waals surface area (Å²) in [6.45, 7) is 1.29. The molecule has 0 saturated carbocycles. The van der Waals surface area contributed by atoms with E-state index in [0.29, 0.717) is 8.04 Å². The monoisotopic (exact) mass is 374 g/mol. The van der Waals surface area contributed by atoms with Crippen LogP contribution in [0.5, 0.6) is 0 Å². The largest absolute Gasteiger partial charge is 0.294 e. The molecule has 14 heavy (non-hydrogen) atoms. The van der Waals surface area contributed by atoms with E-state index in [2.05, 4.69) is 15.9 Å². The molecule has 0 saturated heterocycles. The van der Waals surface area contributed by atoms with Crippen LogP contribution < -0.4 is 0 Å². The summed E-state index contributed by atoms with van der Waals surface area (Å²) in [6.07, 6.45) is -2.63. The summed E-state index contributed by atoms with van der Waals surface area (Å²) in [5.41, 5.74) is -0.0972. The van der Waals surface area contributed by atoms with Crippen molar-refractivity contribution < 1.29 is 13.6 Å². The number of hydrogen-bond donors (Lipinski definition) is 0. The Morgan fingerprint density at radius 2 is 2.07 bits per heavy atom. The van der Waals surface area contributed by atoms with Crippen LogP contribution in [0.2, 0.25) is 0 Å². The van der Waals surface area contributed by atoms with Gasteiger partial charge in [-0.05, 0) is 41.6 Å². The molecule has 0 aliphatic carbocycles. The molecule has 0 N–H and O–H groups in total. The summed E-state index contributed by atoms with van der Waals surface area (Å²) in [6, 6.07) is 2.92. The topological polar surface area (TPSA) is 17.1 Å². The van der Waals surface area contributed by atoms with Crippen LogP contribution in [-0.2, 0) is 0 Å². The zero-order chi connectivity index (χ0) is 10.9. The van der Waals surface area contributed by atoms with Gasteiger partial charge in [0.15, 0.2) is 5.78 Å². The van der Waals surface area contributed by atoms with E-state index in [9.17, 15) is 13.6 Å². The lowest BCUT2D eigenvalue weighted by molar-refractivity contribution is 0.0998. The molecule has 1 nitrogen and oxygen atoms in total. The minimum Gasteiger partial charge on any atom is -0.294 e. The third-order valence-corrected chi connectivity index (χ3v) is 2.98. The molecule has 0 radical (unpaired) electrons. The maximum Gasteiger partial charge on any atom is 0.264 e. The van der Waals surface area contributed by atoms with E-state index >= 15 is 0 Å². The van der Waals surface area contributed by atoms with Gasteiger partial charge in [-0.3, -0.25) is 4.79 Å². The quantitative estimate of drug-likeness (QED) is 0.560. The second-order valence-corrected chi connectivity index (χ2v) is 4.79. The van der Waals surface area contributed by atoms with Gasteiger partial charge in [0, 0.05) is 19.2 Å². The molecule has 0 aliphatic heterocycles. The summed E-state index contributed by atoms with van der Waals surface area (Å²) in [5.74, 6) is -0.336. The Kier molecular flexibility index (Phi) is 4.00. The van der Waals surface area contributed by atoms with Crippen molar-refractivity contribution in [2.45, 2.75) is 13.3 Å². The van der Waals surface area contributed by atoms with E-state index in [1.807, 2.05) is 22.6 Å². The molecule has 5 heteroatoms. The molecule has 1 rings (SSSR count). The second kappa shape index (κ2) is 4.65. The van der Waals surface area contributed by atoms with E-state index in [-0.39, 0.29) is 16.9 Å². The zero-order valence-electron chi connectivity index (χ0n) is 7.15. The predicted molar refractivity (Wildman–Crippen MR) is 61.8 cm³/mol. The van der Waals surface area contributed by atoms with Crippen LogP contribution in [0.25, 0.3) is 0 Å². The van der Waals surface area contributed by atoms with Crippen molar-refractivity contribution in [3.63, 3.8) is 0 Å². The van der Waals surface area contributed by atoms with Crippen LogP contribution in [0.1, 0.15) is 29.3 Å².